The number of aliphatic hydroxyl groups is 3. The van der Waals surface area contributed by atoms with Crippen LogP contribution in [0.1, 0.15) is 0 Å². The first kappa shape index (κ1) is 11.8. The van der Waals surface area contributed by atoms with E-state index in [1.54, 1.807) is 0 Å². The Morgan fingerprint density at radius 2 is 1.79 bits per heavy atom. The number of aliphatic hydroxyl groups excluding tert-OH is 3. The largest absolute Gasteiger partial charge is 0.399 e. The highest BCUT2D eigenvalue weighted by atomic mass is 32.3. The maximum Gasteiger partial charge on any atom is 0.399 e. The summed E-state index contributed by atoms with van der Waals surface area (Å²) in [6.07, 6.45) is -6.38. The summed E-state index contributed by atoms with van der Waals surface area (Å²) >= 11 is 0. The molecule has 1 aliphatic rings. The molecular formula is C5H10O8S. The third-order valence-corrected chi connectivity index (χ3v) is 2.10. The molecule has 1 saturated heterocycles. The highest BCUT2D eigenvalue weighted by Gasteiger charge is 2.40. The van der Waals surface area contributed by atoms with Crippen LogP contribution in [0.3, 0.4) is 0 Å². The Hall–Kier alpha value is -0.290. The van der Waals surface area contributed by atoms with Crippen molar-refractivity contribution < 1.29 is 37.2 Å². The van der Waals surface area contributed by atoms with Gasteiger partial charge in [0.1, 0.15) is 18.3 Å². The second-order valence-corrected chi connectivity index (χ2v) is 3.82. The summed E-state index contributed by atoms with van der Waals surface area (Å²) in [5.41, 5.74) is 0. The van der Waals surface area contributed by atoms with E-state index in [1.807, 2.05) is 0 Å². The summed E-state index contributed by atoms with van der Waals surface area (Å²) < 4.78 is 37.1. The SMILES string of the molecule is O=S(=O)(O)O[C@@H]1OC[C@@H](O)[C@H](O)[C@H]1O. The summed E-state index contributed by atoms with van der Waals surface area (Å²) in [5.74, 6) is 0. The van der Waals surface area contributed by atoms with E-state index in [0.717, 1.165) is 0 Å². The fourth-order valence-corrected chi connectivity index (χ4v) is 1.39. The quantitative estimate of drug-likeness (QED) is 0.375. The second-order valence-electron chi connectivity index (χ2n) is 2.77. The van der Waals surface area contributed by atoms with Crippen LogP contribution < -0.4 is 0 Å². The normalized spacial score (nSPS) is 39.7. The molecular weight excluding hydrogens is 220 g/mol. The first-order valence-electron chi connectivity index (χ1n) is 3.63. The molecule has 8 nitrogen and oxygen atoms in total. The molecule has 0 radical (unpaired) electrons. The summed E-state index contributed by atoms with van der Waals surface area (Å²) in [5, 5.41) is 27.2. The van der Waals surface area contributed by atoms with Crippen molar-refractivity contribution in [1.82, 2.24) is 0 Å². The Bertz CT molecular complexity index is 286. The molecule has 1 rings (SSSR count). The molecule has 0 aromatic heterocycles. The van der Waals surface area contributed by atoms with Gasteiger partial charge in [-0.25, -0.2) is 4.18 Å². The Morgan fingerprint density at radius 1 is 1.21 bits per heavy atom. The lowest BCUT2D eigenvalue weighted by Crippen LogP contribution is -2.54. The summed E-state index contributed by atoms with van der Waals surface area (Å²) in [7, 11) is -4.78. The van der Waals surface area contributed by atoms with Crippen molar-refractivity contribution in [3.05, 3.63) is 0 Å². The van der Waals surface area contributed by atoms with Gasteiger partial charge in [0, 0.05) is 0 Å². The molecule has 4 atom stereocenters. The molecule has 4 N–H and O–H groups in total. The highest BCUT2D eigenvalue weighted by molar-refractivity contribution is 7.80. The monoisotopic (exact) mass is 230 g/mol. The van der Waals surface area contributed by atoms with Gasteiger partial charge >= 0.3 is 10.4 Å². The first-order valence-corrected chi connectivity index (χ1v) is 4.99. The summed E-state index contributed by atoms with van der Waals surface area (Å²) in [4.78, 5) is 0. The van der Waals surface area contributed by atoms with E-state index in [9.17, 15) is 8.42 Å². The van der Waals surface area contributed by atoms with Crippen molar-refractivity contribution in [2.75, 3.05) is 6.61 Å². The van der Waals surface area contributed by atoms with E-state index in [0.29, 0.717) is 0 Å². The lowest BCUT2D eigenvalue weighted by Gasteiger charge is -2.33. The van der Waals surface area contributed by atoms with Crippen LogP contribution in [0.25, 0.3) is 0 Å². The molecule has 0 aromatic rings. The van der Waals surface area contributed by atoms with E-state index >= 15 is 0 Å². The Labute approximate surface area is 79.6 Å². The van der Waals surface area contributed by atoms with E-state index in [2.05, 4.69) is 8.92 Å². The molecule has 1 aliphatic heterocycles. The van der Waals surface area contributed by atoms with Crippen LogP contribution in [0.2, 0.25) is 0 Å². The van der Waals surface area contributed by atoms with Crippen molar-refractivity contribution in [2.24, 2.45) is 0 Å². The van der Waals surface area contributed by atoms with E-state index in [-0.39, 0.29) is 0 Å². The van der Waals surface area contributed by atoms with Crippen LogP contribution in [-0.4, -0.2) is 59.5 Å². The van der Waals surface area contributed by atoms with Gasteiger partial charge in [-0.3, -0.25) is 4.55 Å². The van der Waals surface area contributed by atoms with Crippen LogP contribution in [0.4, 0.5) is 0 Å². The number of hydrogen-bond donors (Lipinski definition) is 4. The van der Waals surface area contributed by atoms with Crippen LogP contribution in [0, 0.1) is 0 Å². The van der Waals surface area contributed by atoms with Crippen LogP contribution in [0.15, 0.2) is 0 Å². The van der Waals surface area contributed by atoms with Gasteiger partial charge in [-0.05, 0) is 0 Å². The van der Waals surface area contributed by atoms with Crippen molar-refractivity contribution in [1.29, 1.82) is 0 Å². The van der Waals surface area contributed by atoms with Gasteiger partial charge in [0.2, 0.25) is 6.29 Å². The smallest absolute Gasteiger partial charge is 0.388 e. The second kappa shape index (κ2) is 4.06. The van der Waals surface area contributed by atoms with Crippen molar-refractivity contribution in [2.45, 2.75) is 24.6 Å². The Balaban J connectivity index is 2.64. The zero-order valence-electron chi connectivity index (χ0n) is 6.85. The van der Waals surface area contributed by atoms with Gasteiger partial charge in [-0.15, -0.1) is 0 Å². The Kier molecular flexibility index (Phi) is 3.42. The minimum atomic E-state index is -4.78. The van der Waals surface area contributed by atoms with Gasteiger partial charge in [-0.2, -0.15) is 8.42 Å². The molecule has 84 valence electrons. The van der Waals surface area contributed by atoms with Gasteiger partial charge < -0.3 is 20.1 Å². The topological polar surface area (TPSA) is 134 Å². The lowest BCUT2D eigenvalue weighted by molar-refractivity contribution is -0.242. The lowest BCUT2D eigenvalue weighted by atomic mass is 10.1. The van der Waals surface area contributed by atoms with Gasteiger partial charge in [0.25, 0.3) is 0 Å². The molecule has 0 aromatic carbocycles. The molecule has 0 saturated carbocycles. The van der Waals surface area contributed by atoms with Crippen LogP contribution in [0.5, 0.6) is 0 Å². The number of ether oxygens (including phenoxy) is 1. The Morgan fingerprint density at radius 3 is 2.29 bits per heavy atom. The zero-order chi connectivity index (χ0) is 10.9. The molecule has 0 unspecified atom stereocenters. The van der Waals surface area contributed by atoms with Gasteiger partial charge in [-0.1, -0.05) is 0 Å². The maximum atomic E-state index is 10.2. The fraction of sp³-hybridized carbons (Fsp3) is 1.00. The molecule has 1 heterocycles. The van der Waals surface area contributed by atoms with Crippen LogP contribution in [-0.2, 0) is 19.3 Å². The van der Waals surface area contributed by atoms with Crippen LogP contribution >= 0.6 is 0 Å². The molecule has 0 spiro atoms. The van der Waals surface area contributed by atoms with Gasteiger partial charge in [0.15, 0.2) is 0 Å². The van der Waals surface area contributed by atoms with E-state index < -0.39 is 41.6 Å². The standard InChI is InChI=1S/C5H10O8S/c6-2-1-12-5(4(8)3(2)7)13-14(9,10)11/h2-8H,1H2,(H,9,10,11)/t2-,3+,4-,5+/m1/s1. The predicted octanol–water partition coefficient (Wildman–Crippen LogP) is -2.76. The number of rotatable bonds is 2. The molecule has 1 fully saturated rings. The molecule has 0 bridgehead atoms. The predicted molar refractivity (Wildman–Crippen MR) is 40.4 cm³/mol. The molecule has 0 aliphatic carbocycles. The van der Waals surface area contributed by atoms with E-state index in [4.69, 9.17) is 19.9 Å². The van der Waals surface area contributed by atoms with E-state index in [1.165, 1.54) is 0 Å². The van der Waals surface area contributed by atoms with Crippen molar-refractivity contribution in [3.63, 3.8) is 0 Å². The fourth-order valence-electron chi connectivity index (χ4n) is 0.984. The minimum Gasteiger partial charge on any atom is -0.388 e. The van der Waals surface area contributed by atoms with Crippen molar-refractivity contribution >= 4 is 10.4 Å². The molecule has 0 amide bonds. The van der Waals surface area contributed by atoms with Crippen molar-refractivity contribution in [3.8, 4) is 0 Å². The van der Waals surface area contributed by atoms with Gasteiger partial charge in [0.05, 0.1) is 6.61 Å². The molecule has 14 heavy (non-hydrogen) atoms. The highest BCUT2D eigenvalue weighted by Crippen LogP contribution is 2.17. The third-order valence-electron chi connectivity index (χ3n) is 1.67. The average molecular weight is 230 g/mol. The molecule has 9 heteroatoms. The third kappa shape index (κ3) is 2.85. The number of hydrogen-bond acceptors (Lipinski definition) is 7. The average Bonchev–Trinajstić information content (AvgIpc) is 2.04. The zero-order valence-corrected chi connectivity index (χ0v) is 7.66. The first-order chi connectivity index (χ1) is 6.31. The maximum absolute atomic E-state index is 10.2. The minimum absolute atomic E-state index is 0.404. The summed E-state index contributed by atoms with van der Waals surface area (Å²) in [6.45, 7) is -0.404. The summed E-state index contributed by atoms with van der Waals surface area (Å²) in [6, 6.07) is 0.